The number of aromatic amines is 1. The Labute approximate surface area is 105 Å². The first kappa shape index (κ1) is 11.0. The number of aliphatic hydroxyl groups is 1. The normalized spacial score (nSPS) is 10.9. The third kappa shape index (κ3) is 1.79. The highest BCUT2D eigenvalue weighted by Gasteiger charge is 2.08. The first-order chi connectivity index (χ1) is 8.90. The van der Waals surface area contributed by atoms with Crippen LogP contribution in [0.1, 0.15) is 5.56 Å². The monoisotopic (exact) mass is 238 g/mol. The van der Waals surface area contributed by atoms with Gasteiger partial charge in [0, 0.05) is 24.4 Å². The van der Waals surface area contributed by atoms with Gasteiger partial charge in [0.05, 0.1) is 0 Å². The van der Waals surface area contributed by atoms with Crippen LogP contribution in [-0.2, 0) is 6.42 Å². The summed E-state index contributed by atoms with van der Waals surface area (Å²) in [6.45, 7) is 0.165. The number of fused-ring (bicyclic) bond motifs is 1. The molecule has 0 fully saturated rings. The third-order valence-electron chi connectivity index (χ3n) is 3.15. The molecule has 3 rings (SSSR count). The first-order valence-electron chi connectivity index (χ1n) is 6.01. The number of hydrogen-bond donors (Lipinski definition) is 2. The molecule has 3 aromatic rings. The van der Waals surface area contributed by atoms with Gasteiger partial charge in [0.1, 0.15) is 5.65 Å². The third-order valence-corrected chi connectivity index (χ3v) is 3.15. The van der Waals surface area contributed by atoms with Crippen molar-refractivity contribution in [2.24, 2.45) is 0 Å². The molecule has 0 unspecified atom stereocenters. The van der Waals surface area contributed by atoms with Gasteiger partial charge in [0.15, 0.2) is 0 Å². The van der Waals surface area contributed by atoms with Gasteiger partial charge in [-0.05, 0) is 35.2 Å². The number of aliphatic hydroxyl groups excluding tert-OH is 1. The van der Waals surface area contributed by atoms with Gasteiger partial charge in [-0.25, -0.2) is 4.98 Å². The van der Waals surface area contributed by atoms with Crippen molar-refractivity contribution in [1.29, 1.82) is 0 Å². The van der Waals surface area contributed by atoms with Crippen LogP contribution in [0.4, 0.5) is 0 Å². The molecule has 0 radical (unpaired) electrons. The molecule has 0 spiro atoms. The van der Waals surface area contributed by atoms with Crippen LogP contribution in [0.2, 0.25) is 0 Å². The van der Waals surface area contributed by atoms with E-state index >= 15 is 0 Å². The summed E-state index contributed by atoms with van der Waals surface area (Å²) in [5.74, 6) is 0. The van der Waals surface area contributed by atoms with Gasteiger partial charge in [0.2, 0.25) is 0 Å². The van der Waals surface area contributed by atoms with E-state index in [1.54, 1.807) is 0 Å². The average molecular weight is 238 g/mol. The molecule has 18 heavy (non-hydrogen) atoms. The fourth-order valence-corrected chi connectivity index (χ4v) is 2.32. The van der Waals surface area contributed by atoms with Crippen LogP contribution in [0, 0.1) is 0 Å². The second-order valence-corrected chi connectivity index (χ2v) is 4.23. The molecule has 0 aliphatic heterocycles. The molecule has 0 aliphatic rings. The lowest BCUT2D eigenvalue weighted by molar-refractivity contribution is 0.300. The zero-order valence-electron chi connectivity index (χ0n) is 9.93. The number of pyridine rings is 1. The molecule has 90 valence electrons. The first-order valence-corrected chi connectivity index (χ1v) is 6.01. The zero-order chi connectivity index (χ0) is 12.4. The van der Waals surface area contributed by atoms with Crippen LogP contribution in [0.15, 0.2) is 48.8 Å². The van der Waals surface area contributed by atoms with E-state index in [2.05, 4.69) is 22.1 Å². The van der Waals surface area contributed by atoms with Gasteiger partial charge in [-0.3, -0.25) is 0 Å². The van der Waals surface area contributed by atoms with E-state index in [1.165, 1.54) is 5.56 Å². The largest absolute Gasteiger partial charge is 0.396 e. The summed E-state index contributed by atoms with van der Waals surface area (Å²) < 4.78 is 0. The number of rotatable bonds is 3. The fraction of sp³-hybridized carbons (Fsp3) is 0.133. The van der Waals surface area contributed by atoms with Crippen molar-refractivity contribution in [3.63, 3.8) is 0 Å². The second-order valence-electron chi connectivity index (χ2n) is 4.23. The fourth-order valence-electron chi connectivity index (χ4n) is 2.32. The maximum absolute atomic E-state index is 9.15. The van der Waals surface area contributed by atoms with Gasteiger partial charge in [-0.15, -0.1) is 0 Å². The minimum absolute atomic E-state index is 0.165. The molecule has 2 aromatic heterocycles. The predicted molar refractivity (Wildman–Crippen MR) is 72.3 cm³/mol. The highest BCUT2D eigenvalue weighted by Crippen LogP contribution is 2.29. The highest BCUT2D eigenvalue weighted by atomic mass is 16.2. The van der Waals surface area contributed by atoms with Crippen molar-refractivity contribution < 1.29 is 5.11 Å². The number of nitrogens with zero attached hydrogens (tertiary/aromatic N) is 1. The summed E-state index contributed by atoms with van der Waals surface area (Å²) in [7, 11) is 0. The van der Waals surface area contributed by atoms with Crippen molar-refractivity contribution in [2.75, 3.05) is 6.61 Å². The molecule has 0 atom stereocenters. The van der Waals surface area contributed by atoms with E-state index in [9.17, 15) is 0 Å². The molecule has 0 aliphatic carbocycles. The molecular weight excluding hydrogens is 224 g/mol. The lowest BCUT2D eigenvalue weighted by atomic mass is 9.97. The number of H-pyrrole nitrogens is 1. The summed E-state index contributed by atoms with van der Waals surface area (Å²) in [4.78, 5) is 7.42. The quantitative estimate of drug-likeness (QED) is 0.737. The summed E-state index contributed by atoms with van der Waals surface area (Å²) >= 11 is 0. The van der Waals surface area contributed by atoms with Gasteiger partial charge in [-0.2, -0.15) is 0 Å². The van der Waals surface area contributed by atoms with E-state index in [0.29, 0.717) is 6.42 Å². The molecule has 0 amide bonds. The van der Waals surface area contributed by atoms with E-state index in [1.807, 2.05) is 36.7 Å². The molecule has 0 saturated carbocycles. The van der Waals surface area contributed by atoms with Gasteiger partial charge < -0.3 is 10.1 Å². The molecule has 2 N–H and O–H groups in total. The lowest BCUT2D eigenvalue weighted by Crippen LogP contribution is -1.94. The van der Waals surface area contributed by atoms with Crippen LogP contribution in [-0.4, -0.2) is 21.7 Å². The molecule has 3 nitrogen and oxygen atoms in total. The predicted octanol–water partition coefficient (Wildman–Crippen LogP) is 2.76. The zero-order valence-corrected chi connectivity index (χ0v) is 9.93. The molecule has 3 heteroatoms. The Kier molecular flexibility index (Phi) is 2.82. The number of nitrogens with one attached hydrogen (secondary N) is 1. The number of hydrogen-bond acceptors (Lipinski definition) is 2. The minimum Gasteiger partial charge on any atom is -0.396 e. The van der Waals surface area contributed by atoms with Crippen molar-refractivity contribution in [2.45, 2.75) is 6.42 Å². The van der Waals surface area contributed by atoms with Gasteiger partial charge >= 0.3 is 0 Å². The van der Waals surface area contributed by atoms with Crippen LogP contribution in [0.3, 0.4) is 0 Å². The van der Waals surface area contributed by atoms with Gasteiger partial charge in [-0.1, -0.05) is 24.3 Å². The Morgan fingerprint density at radius 1 is 1.06 bits per heavy atom. The number of benzene rings is 1. The van der Waals surface area contributed by atoms with Crippen LogP contribution >= 0.6 is 0 Å². The average Bonchev–Trinajstić information content (AvgIpc) is 2.88. The van der Waals surface area contributed by atoms with Crippen LogP contribution < -0.4 is 0 Å². The minimum atomic E-state index is 0.165. The van der Waals surface area contributed by atoms with Crippen molar-refractivity contribution >= 4 is 11.0 Å². The molecule has 2 heterocycles. The lowest BCUT2D eigenvalue weighted by Gasteiger charge is -2.09. The van der Waals surface area contributed by atoms with E-state index in [4.69, 9.17) is 5.11 Å². The maximum Gasteiger partial charge on any atom is 0.137 e. The molecular formula is C15H14N2O. The Bertz CT molecular complexity index is 673. The van der Waals surface area contributed by atoms with Crippen LogP contribution in [0.5, 0.6) is 0 Å². The van der Waals surface area contributed by atoms with Gasteiger partial charge in [0.25, 0.3) is 0 Å². The highest BCUT2D eigenvalue weighted by molar-refractivity contribution is 5.93. The van der Waals surface area contributed by atoms with E-state index in [0.717, 1.165) is 22.2 Å². The smallest absolute Gasteiger partial charge is 0.137 e. The Hall–Kier alpha value is -2.13. The van der Waals surface area contributed by atoms with Crippen molar-refractivity contribution in [3.05, 3.63) is 54.4 Å². The summed E-state index contributed by atoms with van der Waals surface area (Å²) in [5, 5.41) is 10.3. The van der Waals surface area contributed by atoms with E-state index in [-0.39, 0.29) is 6.61 Å². The molecule has 0 saturated heterocycles. The molecule has 0 bridgehead atoms. The SMILES string of the molecule is OCCc1ccccc1-c1ccnc2[nH]ccc12. The Balaban J connectivity index is 2.23. The maximum atomic E-state index is 9.15. The topological polar surface area (TPSA) is 48.9 Å². The van der Waals surface area contributed by atoms with Crippen molar-refractivity contribution in [3.8, 4) is 11.1 Å². The standard InChI is InChI=1S/C15H14N2O/c18-10-7-11-3-1-2-4-12(11)13-5-8-16-15-14(13)6-9-17-15/h1-6,8-9,18H,7,10H2,(H,16,17). The summed E-state index contributed by atoms with van der Waals surface area (Å²) in [6, 6.07) is 12.2. The van der Waals surface area contributed by atoms with E-state index < -0.39 is 0 Å². The van der Waals surface area contributed by atoms with Crippen molar-refractivity contribution in [1.82, 2.24) is 9.97 Å². The molecule has 1 aromatic carbocycles. The Morgan fingerprint density at radius 3 is 2.83 bits per heavy atom. The Morgan fingerprint density at radius 2 is 1.94 bits per heavy atom. The summed E-state index contributed by atoms with van der Waals surface area (Å²) in [5.41, 5.74) is 4.38. The number of aromatic nitrogens is 2. The van der Waals surface area contributed by atoms with Crippen LogP contribution in [0.25, 0.3) is 22.2 Å². The summed E-state index contributed by atoms with van der Waals surface area (Å²) in [6.07, 6.45) is 4.38. The second kappa shape index (κ2) is 4.63.